The first-order valence-corrected chi connectivity index (χ1v) is 7.56. The smallest absolute Gasteiger partial charge is 0.119 e. The molecule has 0 aliphatic rings. The second-order valence-corrected chi connectivity index (χ2v) is 4.85. The summed E-state index contributed by atoms with van der Waals surface area (Å²) >= 11 is 0. The van der Waals surface area contributed by atoms with Gasteiger partial charge in [-0.2, -0.15) is 0 Å². The van der Waals surface area contributed by atoms with E-state index in [1.807, 2.05) is 54.6 Å². The first-order valence-electron chi connectivity index (χ1n) is 7.56. The number of hydrogen-bond acceptors (Lipinski definition) is 3. The summed E-state index contributed by atoms with van der Waals surface area (Å²) in [6, 6.07) is 17.7. The van der Waals surface area contributed by atoms with E-state index in [4.69, 9.17) is 14.6 Å². The van der Waals surface area contributed by atoms with Crippen molar-refractivity contribution < 1.29 is 14.6 Å². The molecule has 0 aliphatic heterocycles. The minimum atomic E-state index is 0.0344. The summed E-state index contributed by atoms with van der Waals surface area (Å²) in [5.41, 5.74) is 1.14. The van der Waals surface area contributed by atoms with E-state index in [1.54, 1.807) is 0 Å². The highest BCUT2D eigenvalue weighted by molar-refractivity contribution is 5.50. The SMILES string of the molecule is OCCOc1ccc(/C=C/CCCOc2ccccc2)cc1. The van der Waals surface area contributed by atoms with Crippen molar-refractivity contribution in [3.63, 3.8) is 0 Å². The molecule has 0 fully saturated rings. The number of aliphatic hydroxyl groups is 1. The van der Waals surface area contributed by atoms with Crippen LogP contribution < -0.4 is 9.47 Å². The number of unbranched alkanes of at least 4 members (excludes halogenated alkanes) is 1. The molecule has 0 radical (unpaired) electrons. The maximum atomic E-state index is 8.70. The van der Waals surface area contributed by atoms with Gasteiger partial charge >= 0.3 is 0 Å². The monoisotopic (exact) mass is 298 g/mol. The maximum absolute atomic E-state index is 8.70. The third-order valence-corrected chi connectivity index (χ3v) is 3.08. The summed E-state index contributed by atoms with van der Waals surface area (Å²) in [6.45, 7) is 1.09. The van der Waals surface area contributed by atoms with E-state index in [9.17, 15) is 0 Å². The van der Waals surface area contributed by atoms with Gasteiger partial charge in [-0.3, -0.25) is 0 Å². The Morgan fingerprint density at radius 1 is 0.818 bits per heavy atom. The number of hydrogen-bond donors (Lipinski definition) is 1. The van der Waals surface area contributed by atoms with Crippen LogP contribution in [0.4, 0.5) is 0 Å². The highest BCUT2D eigenvalue weighted by Gasteiger charge is 1.93. The van der Waals surface area contributed by atoms with E-state index < -0.39 is 0 Å². The van der Waals surface area contributed by atoms with Crippen molar-refractivity contribution in [2.75, 3.05) is 19.8 Å². The second kappa shape index (κ2) is 9.64. The van der Waals surface area contributed by atoms with Gasteiger partial charge in [0.1, 0.15) is 18.1 Å². The number of allylic oxidation sites excluding steroid dienone is 1. The molecule has 2 aromatic rings. The van der Waals surface area contributed by atoms with Crippen LogP contribution in [0.15, 0.2) is 60.7 Å². The van der Waals surface area contributed by atoms with Gasteiger partial charge < -0.3 is 14.6 Å². The topological polar surface area (TPSA) is 38.7 Å². The van der Waals surface area contributed by atoms with Crippen LogP contribution in [0.5, 0.6) is 11.5 Å². The number of aliphatic hydroxyl groups excluding tert-OH is 1. The Morgan fingerprint density at radius 2 is 1.50 bits per heavy atom. The first kappa shape index (κ1) is 16.1. The Balaban J connectivity index is 1.65. The van der Waals surface area contributed by atoms with Crippen molar-refractivity contribution >= 4 is 6.08 Å². The third-order valence-electron chi connectivity index (χ3n) is 3.08. The Bertz CT molecular complexity index is 547. The average Bonchev–Trinajstić information content (AvgIpc) is 2.58. The van der Waals surface area contributed by atoms with Crippen molar-refractivity contribution in [2.24, 2.45) is 0 Å². The van der Waals surface area contributed by atoms with Gasteiger partial charge in [-0.05, 0) is 42.7 Å². The quantitative estimate of drug-likeness (QED) is 0.713. The molecule has 0 spiro atoms. The Labute approximate surface area is 131 Å². The molecule has 0 heterocycles. The average molecular weight is 298 g/mol. The van der Waals surface area contributed by atoms with Crippen molar-refractivity contribution in [1.82, 2.24) is 0 Å². The maximum Gasteiger partial charge on any atom is 0.119 e. The number of benzene rings is 2. The van der Waals surface area contributed by atoms with Crippen LogP contribution in [0.2, 0.25) is 0 Å². The number of para-hydroxylation sites is 1. The summed E-state index contributed by atoms with van der Waals surface area (Å²) in [5, 5.41) is 8.70. The Morgan fingerprint density at radius 3 is 2.23 bits per heavy atom. The fourth-order valence-electron chi connectivity index (χ4n) is 1.97. The lowest BCUT2D eigenvalue weighted by molar-refractivity contribution is 0.201. The van der Waals surface area contributed by atoms with Gasteiger partial charge in [-0.25, -0.2) is 0 Å². The van der Waals surface area contributed by atoms with Crippen LogP contribution in [0.1, 0.15) is 18.4 Å². The predicted octanol–water partition coefficient (Wildman–Crippen LogP) is 3.93. The molecule has 0 bridgehead atoms. The molecule has 0 aliphatic carbocycles. The molecule has 2 aromatic carbocycles. The van der Waals surface area contributed by atoms with Crippen molar-refractivity contribution in [3.05, 3.63) is 66.2 Å². The molecule has 0 atom stereocenters. The lowest BCUT2D eigenvalue weighted by atomic mass is 10.2. The zero-order valence-corrected chi connectivity index (χ0v) is 12.7. The normalized spacial score (nSPS) is 10.8. The van der Waals surface area contributed by atoms with Gasteiger partial charge in [0, 0.05) is 0 Å². The molecule has 0 unspecified atom stereocenters. The van der Waals surface area contributed by atoms with Gasteiger partial charge in [0.25, 0.3) is 0 Å². The van der Waals surface area contributed by atoms with Crippen LogP contribution in [-0.4, -0.2) is 24.9 Å². The highest BCUT2D eigenvalue weighted by atomic mass is 16.5. The second-order valence-electron chi connectivity index (χ2n) is 4.85. The van der Waals surface area contributed by atoms with Crippen LogP contribution in [0.3, 0.4) is 0 Å². The first-order chi connectivity index (χ1) is 10.9. The molecule has 0 aromatic heterocycles. The predicted molar refractivity (Wildman–Crippen MR) is 89.2 cm³/mol. The number of rotatable bonds is 9. The molecular weight excluding hydrogens is 276 g/mol. The Hall–Kier alpha value is -2.26. The molecule has 22 heavy (non-hydrogen) atoms. The molecule has 3 heteroatoms. The van der Waals surface area contributed by atoms with Crippen LogP contribution in [0, 0.1) is 0 Å². The largest absolute Gasteiger partial charge is 0.494 e. The molecular formula is C19H22O3. The van der Waals surface area contributed by atoms with Gasteiger partial charge in [-0.15, -0.1) is 0 Å². The molecule has 0 saturated carbocycles. The van der Waals surface area contributed by atoms with E-state index in [0.717, 1.165) is 36.5 Å². The zero-order valence-electron chi connectivity index (χ0n) is 12.7. The van der Waals surface area contributed by atoms with Gasteiger partial charge in [-0.1, -0.05) is 42.5 Å². The van der Waals surface area contributed by atoms with E-state index in [2.05, 4.69) is 12.2 Å². The lowest BCUT2D eigenvalue weighted by Crippen LogP contribution is -2.01. The van der Waals surface area contributed by atoms with Crippen molar-refractivity contribution in [1.29, 1.82) is 0 Å². The van der Waals surface area contributed by atoms with Crippen molar-refractivity contribution in [2.45, 2.75) is 12.8 Å². The fourth-order valence-corrected chi connectivity index (χ4v) is 1.97. The van der Waals surface area contributed by atoms with E-state index in [-0.39, 0.29) is 6.61 Å². The minimum absolute atomic E-state index is 0.0344. The molecule has 3 nitrogen and oxygen atoms in total. The molecule has 0 saturated heterocycles. The minimum Gasteiger partial charge on any atom is -0.494 e. The molecule has 116 valence electrons. The summed E-state index contributed by atoms with van der Waals surface area (Å²) in [7, 11) is 0. The lowest BCUT2D eigenvalue weighted by Gasteiger charge is -2.04. The van der Waals surface area contributed by atoms with Crippen molar-refractivity contribution in [3.8, 4) is 11.5 Å². The fraction of sp³-hybridized carbons (Fsp3) is 0.263. The summed E-state index contributed by atoms with van der Waals surface area (Å²) in [6.07, 6.45) is 6.22. The summed E-state index contributed by atoms with van der Waals surface area (Å²) in [5.74, 6) is 1.70. The molecule has 1 N–H and O–H groups in total. The van der Waals surface area contributed by atoms with Crippen LogP contribution in [0.25, 0.3) is 6.08 Å². The van der Waals surface area contributed by atoms with E-state index in [1.165, 1.54) is 0 Å². The van der Waals surface area contributed by atoms with Crippen LogP contribution >= 0.6 is 0 Å². The van der Waals surface area contributed by atoms with E-state index in [0.29, 0.717) is 6.61 Å². The van der Waals surface area contributed by atoms with Gasteiger partial charge in [0.2, 0.25) is 0 Å². The van der Waals surface area contributed by atoms with Crippen LogP contribution in [-0.2, 0) is 0 Å². The van der Waals surface area contributed by atoms with Gasteiger partial charge in [0.05, 0.1) is 13.2 Å². The van der Waals surface area contributed by atoms with Gasteiger partial charge in [0.15, 0.2) is 0 Å². The molecule has 2 rings (SSSR count). The van der Waals surface area contributed by atoms with E-state index >= 15 is 0 Å². The zero-order chi connectivity index (χ0) is 15.5. The summed E-state index contributed by atoms with van der Waals surface area (Å²) in [4.78, 5) is 0. The standard InChI is InChI=1S/C19H22O3/c20-14-16-22-19-12-10-17(11-13-19)7-3-2-6-15-21-18-8-4-1-5-9-18/h1,3-5,7-13,20H,2,6,14-16H2/b7-3+. The third kappa shape index (κ3) is 6.02. The number of ether oxygens (including phenoxy) is 2. The summed E-state index contributed by atoms with van der Waals surface area (Å²) < 4.78 is 11.0. The highest BCUT2D eigenvalue weighted by Crippen LogP contribution is 2.13. The molecule has 0 amide bonds. The Kier molecular flexibility index (Phi) is 7.06.